The zero-order valence-electron chi connectivity index (χ0n) is 12.6. The minimum Gasteiger partial charge on any atom is -0.344 e. The Balaban J connectivity index is 2.23. The third-order valence-electron chi connectivity index (χ3n) is 3.55. The van der Waals surface area contributed by atoms with Crippen molar-refractivity contribution in [3.63, 3.8) is 0 Å². The number of aryl methyl sites for hydroxylation is 1. The van der Waals surface area contributed by atoms with Crippen LogP contribution in [0, 0.1) is 5.92 Å². The van der Waals surface area contributed by atoms with Crippen molar-refractivity contribution in [1.29, 1.82) is 0 Å². The van der Waals surface area contributed by atoms with Gasteiger partial charge in [0.2, 0.25) is 0 Å². The van der Waals surface area contributed by atoms with Gasteiger partial charge in [-0.05, 0) is 40.4 Å². The van der Waals surface area contributed by atoms with E-state index in [1.165, 1.54) is 0 Å². The fraction of sp³-hybridized carbons (Fsp3) is 0.353. The summed E-state index contributed by atoms with van der Waals surface area (Å²) in [4.78, 5) is 12.6. The van der Waals surface area contributed by atoms with Crippen LogP contribution in [0.25, 0.3) is 0 Å². The maximum Gasteiger partial charge on any atom is 0.268 e. The predicted octanol–water partition coefficient (Wildman–Crippen LogP) is 4.40. The molecule has 0 saturated heterocycles. The first kappa shape index (κ1) is 15.8. The van der Waals surface area contributed by atoms with E-state index in [1.54, 1.807) is 0 Å². The van der Waals surface area contributed by atoms with Crippen LogP contribution in [0.3, 0.4) is 0 Å². The number of hydrogen-bond donors (Lipinski definition) is 1. The molecule has 0 spiro atoms. The quantitative estimate of drug-likeness (QED) is 0.853. The van der Waals surface area contributed by atoms with E-state index in [2.05, 4.69) is 47.2 Å². The lowest BCUT2D eigenvalue weighted by molar-refractivity contribution is 0.0916. The van der Waals surface area contributed by atoms with Crippen LogP contribution >= 0.6 is 15.9 Å². The predicted molar refractivity (Wildman–Crippen MR) is 89.3 cm³/mol. The Bertz CT molecular complexity index is 605. The van der Waals surface area contributed by atoms with Crippen LogP contribution < -0.4 is 5.32 Å². The molecule has 1 unspecified atom stereocenters. The average Bonchev–Trinajstić information content (AvgIpc) is 2.86. The van der Waals surface area contributed by atoms with Gasteiger partial charge >= 0.3 is 0 Å². The molecule has 2 aromatic rings. The number of nitrogens with one attached hydrogen (secondary N) is 1. The van der Waals surface area contributed by atoms with Crippen LogP contribution in [0.2, 0.25) is 0 Å². The van der Waals surface area contributed by atoms with Crippen molar-refractivity contribution in [2.45, 2.75) is 33.4 Å². The highest BCUT2D eigenvalue weighted by atomic mass is 79.9. The molecule has 0 fully saturated rings. The van der Waals surface area contributed by atoms with E-state index in [4.69, 9.17) is 0 Å². The van der Waals surface area contributed by atoms with E-state index >= 15 is 0 Å². The van der Waals surface area contributed by atoms with Crippen LogP contribution in [0.5, 0.6) is 0 Å². The summed E-state index contributed by atoms with van der Waals surface area (Å²) in [6.07, 6.45) is 1.93. The smallest absolute Gasteiger partial charge is 0.268 e. The van der Waals surface area contributed by atoms with Gasteiger partial charge in [0.15, 0.2) is 0 Å². The van der Waals surface area contributed by atoms with E-state index in [-0.39, 0.29) is 11.9 Å². The lowest BCUT2D eigenvalue weighted by atomic mass is 9.96. The Morgan fingerprint density at radius 2 is 1.95 bits per heavy atom. The summed E-state index contributed by atoms with van der Waals surface area (Å²) in [7, 11) is 0. The number of halogens is 1. The number of hydrogen-bond acceptors (Lipinski definition) is 1. The first-order valence-electron chi connectivity index (χ1n) is 7.24. The number of carbonyl (C=O) groups excluding carboxylic acids is 1. The monoisotopic (exact) mass is 348 g/mol. The Morgan fingerprint density at radius 1 is 1.29 bits per heavy atom. The Kier molecular flexibility index (Phi) is 5.23. The third kappa shape index (κ3) is 3.76. The van der Waals surface area contributed by atoms with Gasteiger partial charge in [0.1, 0.15) is 5.69 Å². The summed E-state index contributed by atoms with van der Waals surface area (Å²) in [6, 6.07) is 12.0. The van der Waals surface area contributed by atoms with Crippen LogP contribution in [0.15, 0.2) is 47.1 Å². The van der Waals surface area contributed by atoms with Gasteiger partial charge in [-0.1, -0.05) is 44.2 Å². The van der Waals surface area contributed by atoms with Crippen molar-refractivity contribution in [2.24, 2.45) is 5.92 Å². The summed E-state index contributed by atoms with van der Waals surface area (Å²) in [5, 5.41) is 3.16. The highest BCUT2D eigenvalue weighted by Crippen LogP contribution is 2.23. The molecule has 4 heteroatoms. The van der Waals surface area contributed by atoms with Gasteiger partial charge < -0.3 is 9.88 Å². The van der Waals surface area contributed by atoms with Gasteiger partial charge in [0, 0.05) is 17.2 Å². The highest BCUT2D eigenvalue weighted by Gasteiger charge is 2.20. The van der Waals surface area contributed by atoms with Crippen molar-refractivity contribution in [1.82, 2.24) is 9.88 Å². The van der Waals surface area contributed by atoms with E-state index < -0.39 is 0 Å². The molecule has 0 saturated carbocycles. The molecule has 0 bridgehead atoms. The largest absolute Gasteiger partial charge is 0.344 e. The molecular formula is C17H21BrN2O. The topological polar surface area (TPSA) is 34.0 Å². The number of aromatic nitrogens is 1. The molecule has 1 aromatic carbocycles. The lowest BCUT2D eigenvalue weighted by Gasteiger charge is -2.23. The van der Waals surface area contributed by atoms with Crippen LogP contribution in [0.4, 0.5) is 0 Å². The van der Waals surface area contributed by atoms with Gasteiger partial charge in [0.05, 0.1) is 6.04 Å². The average molecular weight is 349 g/mol. The van der Waals surface area contributed by atoms with E-state index in [0.29, 0.717) is 11.6 Å². The first-order valence-corrected chi connectivity index (χ1v) is 8.03. The summed E-state index contributed by atoms with van der Waals surface area (Å²) < 4.78 is 2.87. The molecule has 112 valence electrons. The fourth-order valence-corrected chi connectivity index (χ4v) is 2.90. The second-order valence-corrected chi connectivity index (χ2v) is 6.35. The van der Waals surface area contributed by atoms with E-state index in [1.807, 2.05) is 42.0 Å². The number of carbonyl (C=O) groups is 1. The minimum absolute atomic E-state index is 0.0117. The summed E-state index contributed by atoms with van der Waals surface area (Å²) in [6.45, 7) is 7.03. The molecule has 1 atom stereocenters. The zero-order valence-corrected chi connectivity index (χ0v) is 14.2. The van der Waals surface area contributed by atoms with Gasteiger partial charge in [-0.2, -0.15) is 0 Å². The molecule has 1 heterocycles. The maximum atomic E-state index is 12.6. The van der Waals surface area contributed by atoms with E-state index in [9.17, 15) is 4.79 Å². The SMILES string of the molecule is CCn1cc(Br)cc1C(=O)NC(c1ccccc1)C(C)C. The zero-order chi connectivity index (χ0) is 15.4. The fourth-order valence-electron chi connectivity index (χ4n) is 2.44. The van der Waals surface area contributed by atoms with Crippen LogP contribution in [-0.4, -0.2) is 10.5 Å². The molecule has 1 N–H and O–H groups in total. The van der Waals surface area contributed by atoms with Crippen molar-refractivity contribution in [3.05, 3.63) is 58.3 Å². The molecule has 2 rings (SSSR count). The summed E-state index contributed by atoms with van der Waals surface area (Å²) in [5.74, 6) is 0.287. The molecule has 0 aliphatic carbocycles. The summed E-state index contributed by atoms with van der Waals surface area (Å²) in [5.41, 5.74) is 1.82. The van der Waals surface area contributed by atoms with Gasteiger partial charge in [-0.3, -0.25) is 4.79 Å². The molecule has 1 aromatic heterocycles. The number of rotatable bonds is 5. The van der Waals surface area contributed by atoms with Crippen molar-refractivity contribution < 1.29 is 4.79 Å². The van der Waals surface area contributed by atoms with Crippen LogP contribution in [0.1, 0.15) is 42.9 Å². The lowest BCUT2D eigenvalue weighted by Crippen LogP contribution is -2.33. The number of benzene rings is 1. The molecule has 0 radical (unpaired) electrons. The molecule has 21 heavy (non-hydrogen) atoms. The Hall–Kier alpha value is -1.55. The Labute approximate surface area is 134 Å². The molecule has 3 nitrogen and oxygen atoms in total. The van der Waals surface area contributed by atoms with Crippen molar-refractivity contribution in [2.75, 3.05) is 0 Å². The molecular weight excluding hydrogens is 328 g/mol. The second-order valence-electron chi connectivity index (χ2n) is 5.44. The van der Waals surface area contributed by atoms with Gasteiger partial charge in [0.25, 0.3) is 5.91 Å². The molecule has 1 amide bonds. The molecule has 0 aliphatic rings. The van der Waals surface area contributed by atoms with Crippen molar-refractivity contribution in [3.8, 4) is 0 Å². The maximum absolute atomic E-state index is 12.6. The Morgan fingerprint density at radius 3 is 2.52 bits per heavy atom. The second kappa shape index (κ2) is 6.94. The van der Waals surface area contributed by atoms with E-state index in [0.717, 1.165) is 16.6 Å². The van der Waals surface area contributed by atoms with Crippen LogP contribution in [-0.2, 0) is 6.54 Å². The minimum atomic E-state index is -0.0369. The summed E-state index contributed by atoms with van der Waals surface area (Å²) >= 11 is 3.43. The standard InChI is InChI=1S/C17H21BrN2O/c1-4-20-11-14(18)10-15(20)17(21)19-16(12(2)3)13-8-6-5-7-9-13/h5-12,16H,4H2,1-3H3,(H,19,21). The first-order chi connectivity index (χ1) is 10.0. The number of amides is 1. The third-order valence-corrected chi connectivity index (χ3v) is 3.98. The highest BCUT2D eigenvalue weighted by molar-refractivity contribution is 9.10. The van der Waals surface area contributed by atoms with Gasteiger partial charge in [-0.15, -0.1) is 0 Å². The normalized spacial score (nSPS) is 12.4. The molecule has 0 aliphatic heterocycles. The van der Waals surface area contributed by atoms with Gasteiger partial charge in [-0.25, -0.2) is 0 Å². The van der Waals surface area contributed by atoms with Crippen molar-refractivity contribution >= 4 is 21.8 Å². The number of nitrogens with zero attached hydrogens (tertiary/aromatic N) is 1.